The van der Waals surface area contributed by atoms with Crippen molar-refractivity contribution in [2.45, 2.75) is 57.8 Å². The highest BCUT2D eigenvalue weighted by Gasteiger charge is 2.54. The third-order valence-corrected chi connectivity index (χ3v) is 5.80. The zero-order chi connectivity index (χ0) is 10.8. The minimum atomic E-state index is 0.192. The number of hydrogen-bond acceptors (Lipinski definition) is 1. The Balaban J connectivity index is 1.58. The summed E-state index contributed by atoms with van der Waals surface area (Å²) in [4.78, 5) is 12.5. The standard InChI is InChI=1S/C15H22O/c16-14(6-10-1-2-10)15-7-11-3-12(8-15)5-13(4-11)9-15/h10-13H,1-9H2. The monoisotopic (exact) mass is 218 g/mol. The zero-order valence-electron chi connectivity index (χ0n) is 10.1. The Morgan fingerprint density at radius 1 is 0.938 bits per heavy atom. The summed E-state index contributed by atoms with van der Waals surface area (Å²) in [6, 6.07) is 0. The number of Topliss-reactive ketones (excluding diaryl/α,β-unsaturated/α-hetero) is 1. The molecule has 0 amide bonds. The molecule has 0 aromatic carbocycles. The molecule has 5 saturated carbocycles. The van der Waals surface area contributed by atoms with Crippen LogP contribution < -0.4 is 0 Å². The van der Waals surface area contributed by atoms with Gasteiger partial charge in [0.05, 0.1) is 0 Å². The van der Waals surface area contributed by atoms with Crippen molar-refractivity contribution in [3.05, 3.63) is 0 Å². The van der Waals surface area contributed by atoms with Crippen LogP contribution in [-0.4, -0.2) is 5.78 Å². The summed E-state index contributed by atoms with van der Waals surface area (Å²) in [6.07, 6.45) is 11.8. The SMILES string of the molecule is O=C(CC1CC1)C12CC3CC(CC(C3)C1)C2. The summed E-state index contributed by atoms with van der Waals surface area (Å²) in [5.74, 6) is 4.24. The van der Waals surface area contributed by atoms with Gasteiger partial charge in [-0.2, -0.15) is 0 Å². The number of hydrogen-bond donors (Lipinski definition) is 0. The lowest BCUT2D eigenvalue weighted by molar-refractivity contribution is -0.144. The molecular weight excluding hydrogens is 196 g/mol. The Bertz CT molecular complexity index is 291. The smallest absolute Gasteiger partial charge is 0.139 e. The van der Waals surface area contributed by atoms with Crippen LogP contribution in [0.2, 0.25) is 0 Å². The van der Waals surface area contributed by atoms with Crippen molar-refractivity contribution in [3.63, 3.8) is 0 Å². The van der Waals surface area contributed by atoms with Gasteiger partial charge in [0.1, 0.15) is 5.78 Å². The van der Waals surface area contributed by atoms with E-state index in [0.717, 1.165) is 30.1 Å². The molecular formula is C15H22O. The van der Waals surface area contributed by atoms with E-state index in [2.05, 4.69) is 0 Å². The highest BCUT2D eigenvalue weighted by atomic mass is 16.1. The van der Waals surface area contributed by atoms with E-state index in [0.29, 0.717) is 5.78 Å². The molecule has 1 heteroatoms. The molecule has 0 N–H and O–H groups in total. The van der Waals surface area contributed by atoms with Crippen LogP contribution in [0.3, 0.4) is 0 Å². The fraction of sp³-hybridized carbons (Fsp3) is 0.933. The molecule has 16 heavy (non-hydrogen) atoms. The maximum atomic E-state index is 12.5. The van der Waals surface area contributed by atoms with Crippen LogP contribution >= 0.6 is 0 Å². The van der Waals surface area contributed by atoms with E-state index in [1.807, 2.05) is 0 Å². The van der Waals surface area contributed by atoms with E-state index in [-0.39, 0.29) is 5.41 Å². The Kier molecular flexibility index (Phi) is 1.88. The largest absolute Gasteiger partial charge is 0.299 e. The molecule has 0 unspecified atom stereocenters. The maximum Gasteiger partial charge on any atom is 0.139 e. The van der Waals surface area contributed by atoms with Gasteiger partial charge in [0.2, 0.25) is 0 Å². The third-order valence-electron chi connectivity index (χ3n) is 5.80. The van der Waals surface area contributed by atoms with Gasteiger partial charge >= 0.3 is 0 Å². The lowest BCUT2D eigenvalue weighted by atomic mass is 9.48. The quantitative estimate of drug-likeness (QED) is 0.707. The maximum absolute atomic E-state index is 12.5. The minimum Gasteiger partial charge on any atom is -0.299 e. The summed E-state index contributed by atoms with van der Waals surface area (Å²) in [6.45, 7) is 0. The highest BCUT2D eigenvalue weighted by molar-refractivity contribution is 5.85. The van der Waals surface area contributed by atoms with Gasteiger partial charge in [-0.25, -0.2) is 0 Å². The molecule has 0 aromatic heterocycles. The second-order valence-electron chi connectivity index (χ2n) is 7.27. The molecule has 1 nitrogen and oxygen atoms in total. The van der Waals surface area contributed by atoms with Gasteiger partial charge < -0.3 is 0 Å². The minimum absolute atomic E-state index is 0.192. The summed E-state index contributed by atoms with van der Waals surface area (Å²) < 4.78 is 0. The fourth-order valence-corrected chi connectivity index (χ4v) is 5.25. The third kappa shape index (κ3) is 1.39. The van der Waals surface area contributed by atoms with Gasteiger partial charge in [-0.1, -0.05) is 0 Å². The van der Waals surface area contributed by atoms with Crippen LogP contribution in [0.4, 0.5) is 0 Å². The van der Waals surface area contributed by atoms with Gasteiger partial charge in [0.15, 0.2) is 0 Å². The van der Waals surface area contributed by atoms with Crippen molar-refractivity contribution >= 4 is 5.78 Å². The average molecular weight is 218 g/mol. The van der Waals surface area contributed by atoms with Crippen molar-refractivity contribution in [2.24, 2.45) is 29.1 Å². The summed E-state index contributed by atoms with van der Waals surface area (Å²) >= 11 is 0. The number of rotatable bonds is 3. The van der Waals surface area contributed by atoms with Crippen LogP contribution in [0.5, 0.6) is 0 Å². The lowest BCUT2D eigenvalue weighted by Crippen LogP contribution is -2.50. The molecule has 0 aliphatic heterocycles. The molecule has 5 aliphatic carbocycles. The molecule has 5 rings (SSSR count). The molecule has 0 aromatic rings. The summed E-state index contributed by atoms with van der Waals surface area (Å²) in [7, 11) is 0. The molecule has 0 atom stereocenters. The first-order chi connectivity index (χ1) is 7.73. The molecule has 0 saturated heterocycles. The molecule has 5 aliphatic rings. The summed E-state index contributed by atoms with van der Waals surface area (Å²) in [5, 5.41) is 0. The van der Waals surface area contributed by atoms with E-state index in [1.54, 1.807) is 0 Å². The van der Waals surface area contributed by atoms with Crippen molar-refractivity contribution in [1.82, 2.24) is 0 Å². The molecule has 5 fully saturated rings. The second kappa shape index (κ2) is 3.11. The first-order valence-electron chi connectivity index (χ1n) is 7.27. The van der Waals surface area contributed by atoms with Crippen LogP contribution in [0.15, 0.2) is 0 Å². The molecule has 0 radical (unpaired) electrons. The predicted molar refractivity (Wildman–Crippen MR) is 63.0 cm³/mol. The second-order valence-corrected chi connectivity index (χ2v) is 7.27. The van der Waals surface area contributed by atoms with Gasteiger partial charge in [0.25, 0.3) is 0 Å². The predicted octanol–water partition coefficient (Wildman–Crippen LogP) is 3.57. The summed E-state index contributed by atoms with van der Waals surface area (Å²) in [5.41, 5.74) is 0.192. The van der Waals surface area contributed by atoms with Crippen molar-refractivity contribution in [3.8, 4) is 0 Å². The van der Waals surface area contributed by atoms with Crippen LogP contribution in [0.1, 0.15) is 57.8 Å². The van der Waals surface area contributed by atoms with Gasteiger partial charge in [-0.15, -0.1) is 0 Å². The lowest BCUT2D eigenvalue weighted by Gasteiger charge is -2.56. The van der Waals surface area contributed by atoms with Crippen LogP contribution in [-0.2, 0) is 4.79 Å². The van der Waals surface area contributed by atoms with E-state index in [4.69, 9.17) is 0 Å². The molecule has 88 valence electrons. The molecule has 0 heterocycles. The Morgan fingerprint density at radius 2 is 1.44 bits per heavy atom. The van der Waals surface area contributed by atoms with Crippen molar-refractivity contribution < 1.29 is 4.79 Å². The number of carbonyl (C=O) groups is 1. The van der Waals surface area contributed by atoms with E-state index in [9.17, 15) is 4.79 Å². The van der Waals surface area contributed by atoms with Gasteiger partial charge in [-0.05, 0) is 75.0 Å². The van der Waals surface area contributed by atoms with E-state index in [1.165, 1.54) is 51.4 Å². The van der Waals surface area contributed by atoms with Gasteiger partial charge in [-0.3, -0.25) is 4.79 Å². The van der Waals surface area contributed by atoms with Crippen LogP contribution in [0, 0.1) is 29.1 Å². The Labute approximate surface area is 98.0 Å². The molecule has 0 spiro atoms. The Morgan fingerprint density at radius 3 is 1.88 bits per heavy atom. The average Bonchev–Trinajstić information content (AvgIpc) is 2.99. The van der Waals surface area contributed by atoms with Crippen molar-refractivity contribution in [2.75, 3.05) is 0 Å². The number of carbonyl (C=O) groups excluding carboxylic acids is 1. The Hall–Kier alpha value is -0.330. The fourth-order valence-electron chi connectivity index (χ4n) is 5.25. The molecule has 4 bridgehead atoms. The van der Waals surface area contributed by atoms with E-state index >= 15 is 0 Å². The van der Waals surface area contributed by atoms with Crippen molar-refractivity contribution in [1.29, 1.82) is 0 Å². The first-order valence-corrected chi connectivity index (χ1v) is 7.27. The van der Waals surface area contributed by atoms with E-state index < -0.39 is 0 Å². The first kappa shape index (κ1) is 9.67. The van der Waals surface area contributed by atoms with Crippen LogP contribution in [0.25, 0.3) is 0 Å². The normalized spacial score (nSPS) is 49.6. The zero-order valence-corrected chi connectivity index (χ0v) is 10.1. The number of ketones is 1. The van der Waals surface area contributed by atoms with Gasteiger partial charge in [0, 0.05) is 11.8 Å². The topological polar surface area (TPSA) is 17.1 Å². The highest BCUT2D eigenvalue weighted by Crippen LogP contribution is 2.61.